The van der Waals surface area contributed by atoms with Gasteiger partial charge in [0.25, 0.3) is 5.91 Å². The van der Waals surface area contributed by atoms with Crippen LogP contribution in [0.15, 0.2) is 48.7 Å². The average Bonchev–Trinajstić information content (AvgIpc) is 3.03. The molecule has 1 unspecified atom stereocenters. The molecule has 1 heterocycles. The number of aryl methyl sites for hydroxylation is 1. The van der Waals surface area contributed by atoms with E-state index in [0.29, 0.717) is 27.2 Å². The predicted octanol–water partition coefficient (Wildman–Crippen LogP) is 4.50. The summed E-state index contributed by atoms with van der Waals surface area (Å²) in [6.07, 6.45) is 0.739. The second-order valence-electron chi connectivity index (χ2n) is 5.93. The number of carbonyl (C=O) groups is 2. The number of aromatic nitrogens is 1. The van der Waals surface area contributed by atoms with E-state index in [9.17, 15) is 9.59 Å². The number of benzene rings is 2. The quantitative estimate of drug-likeness (QED) is 0.634. The number of nitrogens with zero attached hydrogens (tertiary/aromatic N) is 1. The average molecular weight is 372 g/mol. The van der Waals surface area contributed by atoms with Crippen molar-refractivity contribution in [2.24, 2.45) is 0 Å². The van der Waals surface area contributed by atoms with Crippen molar-refractivity contribution in [1.29, 1.82) is 0 Å². The van der Waals surface area contributed by atoms with E-state index in [2.05, 4.69) is 0 Å². The number of esters is 1. The first-order chi connectivity index (χ1) is 12.4. The third-order valence-corrected chi connectivity index (χ3v) is 4.57. The minimum Gasteiger partial charge on any atom is -0.481 e. The molecule has 0 aliphatic rings. The summed E-state index contributed by atoms with van der Waals surface area (Å²) in [6, 6.07) is 12.4. The van der Waals surface area contributed by atoms with E-state index in [1.54, 1.807) is 49.4 Å². The fraction of sp³-hybridized carbons (Fsp3) is 0.200. The molecule has 1 aromatic heterocycles. The number of hydrogen-bond donors (Lipinski definition) is 0. The third kappa shape index (κ3) is 3.30. The maximum absolute atomic E-state index is 12.9. The number of halogens is 1. The molecule has 0 aliphatic heterocycles. The van der Waals surface area contributed by atoms with Crippen molar-refractivity contribution in [1.82, 2.24) is 4.57 Å². The summed E-state index contributed by atoms with van der Waals surface area (Å²) >= 11 is 6.02. The van der Waals surface area contributed by atoms with Crippen LogP contribution in [0.1, 0.15) is 27.6 Å². The number of methoxy groups -OCH3 is 1. The Morgan fingerprint density at radius 1 is 1.15 bits per heavy atom. The Hall–Kier alpha value is -2.79. The number of para-hydroxylation sites is 1. The smallest absolute Gasteiger partial charge is 0.340 e. The predicted molar refractivity (Wildman–Crippen MR) is 100 cm³/mol. The maximum Gasteiger partial charge on any atom is 0.340 e. The first-order valence-corrected chi connectivity index (χ1v) is 8.45. The fourth-order valence-electron chi connectivity index (χ4n) is 2.78. The summed E-state index contributed by atoms with van der Waals surface area (Å²) in [5, 5.41) is 1.29. The van der Waals surface area contributed by atoms with E-state index in [0.717, 1.165) is 5.56 Å². The van der Waals surface area contributed by atoms with Gasteiger partial charge in [-0.15, -0.1) is 0 Å². The molecule has 3 rings (SSSR count). The van der Waals surface area contributed by atoms with Crippen molar-refractivity contribution < 1.29 is 19.1 Å². The van der Waals surface area contributed by atoms with E-state index in [1.165, 1.54) is 17.9 Å². The summed E-state index contributed by atoms with van der Waals surface area (Å²) in [5.41, 5.74) is 1.83. The first-order valence-electron chi connectivity index (χ1n) is 8.07. The summed E-state index contributed by atoms with van der Waals surface area (Å²) in [5.74, 6) is -0.226. The molecule has 0 saturated carbocycles. The van der Waals surface area contributed by atoms with Crippen molar-refractivity contribution in [2.45, 2.75) is 20.0 Å². The van der Waals surface area contributed by atoms with Gasteiger partial charge in [-0.05, 0) is 43.7 Å². The zero-order valence-electron chi connectivity index (χ0n) is 14.7. The molecular formula is C20H18ClNO4. The lowest BCUT2D eigenvalue weighted by atomic mass is 10.2. The highest BCUT2D eigenvalue weighted by atomic mass is 35.5. The Bertz CT molecular complexity index is 993. The van der Waals surface area contributed by atoms with E-state index in [4.69, 9.17) is 21.1 Å². The molecule has 5 nitrogen and oxygen atoms in total. The van der Waals surface area contributed by atoms with E-state index in [1.807, 2.05) is 6.92 Å². The lowest BCUT2D eigenvalue weighted by Crippen LogP contribution is -2.28. The van der Waals surface area contributed by atoms with Crippen LogP contribution in [0.2, 0.25) is 5.02 Å². The SMILES string of the molecule is COC(=O)c1cn(C(=O)C(C)Oc2ccc(Cl)c(C)c2)c2ccccc12. The third-order valence-electron chi connectivity index (χ3n) is 4.14. The molecule has 0 bridgehead atoms. The van der Waals surface area contributed by atoms with Crippen molar-refractivity contribution in [2.75, 3.05) is 7.11 Å². The molecule has 6 heteroatoms. The highest BCUT2D eigenvalue weighted by molar-refractivity contribution is 6.31. The Morgan fingerprint density at radius 2 is 1.88 bits per heavy atom. The highest BCUT2D eigenvalue weighted by Crippen LogP contribution is 2.25. The zero-order chi connectivity index (χ0) is 18.8. The molecule has 26 heavy (non-hydrogen) atoms. The standard InChI is InChI=1S/C20H18ClNO4/c1-12-10-14(8-9-17(12)21)26-13(2)19(23)22-11-16(20(24)25-3)15-6-4-5-7-18(15)22/h4-11,13H,1-3H3. The summed E-state index contributed by atoms with van der Waals surface area (Å²) < 4.78 is 12.0. The number of fused-ring (bicyclic) bond motifs is 1. The number of rotatable bonds is 4. The van der Waals surface area contributed by atoms with Crippen molar-refractivity contribution in [3.63, 3.8) is 0 Å². The monoisotopic (exact) mass is 371 g/mol. The van der Waals surface area contributed by atoms with Gasteiger partial charge in [0, 0.05) is 16.6 Å². The van der Waals surface area contributed by atoms with E-state index in [-0.39, 0.29) is 5.91 Å². The lowest BCUT2D eigenvalue weighted by molar-refractivity contribution is 0.0602. The van der Waals surface area contributed by atoms with Crippen LogP contribution in [0, 0.1) is 6.92 Å². The van der Waals surface area contributed by atoms with Gasteiger partial charge in [-0.2, -0.15) is 0 Å². The van der Waals surface area contributed by atoms with Crippen LogP contribution in [0.3, 0.4) is 0 Å². The fourth-order valence-corrected chi connectivity index (χ4v) is 2.89. The molecule has 0 spiro atoms. The van der Waals surface area contributed by atoms with E-state index < -0.39 is 12.1 Å². The van der Waals surface area contributed by atoms with Gasteiger partial charge in [0.1, 0.15) is 5.75 Å². The molecule has 0 N–H and O–H groups in total. The van der Waals surface area contributed by atoms with Crippen LogP contribution in [-0.4, -0.2) is 29.7 Å². The first kappa shape index (κ1) is 18.0. The minimum atomic E-state index is -0.753. The lowest BCUT2D eigenvalue weighted by Gasteiger charge is -2.15. The Morgan fingerprint density at radius 3 is 2.58 bits per heavy atom. The summed E-state index contributed by atoms with van der Waals surface area (Å²) in [7, 11) is 1.31. The second-order valence-corrected chi connectivity index (χ2v) is 6.34. The van der Waals surface area contributed by atoms with Crippen molar-refractivity contribution in [3.05, 3.63) is 64.8 Å². The normalized spacial score (nSPS) is 12.0. The van der Waals surface area contributed by atoms with Gasteiger partial charge < -0.3 is 9.47 Å². The number of carbonyl (C=O) groups excluding carboxylic acids is 2. The summed E-state index contributed by atoms with van der Waals surface area (Å²) in [4.78, 5) is 24.9. The summed E-state index contributed by atoms with van der Waals surface area (Å²) in [6.45, 7) is 3.53. The minimum absolute atomic E-state index is 0.288. The molecule has 2 aromatic carbocycles. The van der Waals surface area contributed by atoms with Gasteiger partial charge in [-0.25, -0.2) is 4.79 Å². The van der Waals surface area contributed by atoms with Gasteiger partial charge in [-0.1, -0.05) is 29.8 Å². The van der Waals surface area contributed by atoms with Gasteiger partial charge in [0.15, 0.2) is 6.10 Å². The topological polar surface area (TPSA) is 57.5 Å². The molecule has 0 fully saturated rings. The van der Waals surface area contributed by atoms with Gasteiger partial charge in [0.2, 0.25) is 0 Å². The number of hydrogen-bond acceptors (Lipinski definition) is 4. The van der Waals surface area contributed by atoms with E-state index >= 15 is 0 Å². The van der Waals surface area contributed by atoms with Gasteiger partial charge in [0.05, 0.1) is 18.2 Å². The van der Waals surface area contributed by atoms with Crippen LogP contribution >= 0.6 is 11.6 Å². The molecule has 0 saturated heterocycles. The second kappa shape index (κ2) is 7.22. The molecule has 0 amide bonds. The van der Waals surface area contributed by atoms with Crippen LogP contribution in [0.4, 0.5) is 0 Å². The zero-order valence-corrected chi connectivity index (χ0v) is 15.4. The van der Waals surface area contributed by atoms with Gasteiger partial charge >= 0.3 is 5.97 Å². The van der Waals surface area contributed by atoms with Crippen LogP contribution in [0.5, 0.6) is 5.75 Å². The van der Waals surface area contributed by atoms with Crippen molar-refractivity contribution >= 4 is 34.4 Å². The molecule has 134 valence electrons. The molecule has 1 atom stereocenters. The molecular weight excluding hydrogens is 354 g/mol. The Kier molecular flexibility index (Phi) is 5.00. The van der Waals surface area contributed by atoms with Crippen LogP contribution < -0.4 is 4.74 Å². The van der Waals surface area contributed by atoms with Gasteiger partial charge in [-0.3, -0.25) is 9.36 Å². The number of ether oxygens (including phenoxy) is 2. The van der Waals surface area contributed by atoms with Crippen LogP contribution in [-0.2, 0) is 4.74 Å². The van der Waals surface area contributed by atoms with Crippen LogP contribution in [0.25, 0.3) is 10.9 Å². The Balaban J connectivity index is 1.94. The Labute approximate surface area is 156 Å². The molecule has 0 aliphatic carbocycles. The maximum atomic E-state index is 12.9. The van der Waals surface area contributed by atoms with Crippen molar-refractivity contribution in [3.8, 4) is 5.75 Å². The largest absolute Gasteiger partial charge is 0.481 e. The highest BCUT2D eigenvalue weighted by Gasteiger charge is 2.23. The molecule has 3 aromatic rings. The molecule has 0 radical (unpaired) electrons.